The number of hydrogen-bond acceptors (Lipinski definition) is 3. The van der Waals surface area contributed by atoms with Gasteiger partial charge in [-0.25, -0.2) is 0 Å². The molecule has 1 N–H and O–H groups in total. The van der Waals surface area contributed by atoms with Crippen LogP contribution in [0.15, 0.2) is 30.3 Å². The topological polar surface area (TPSA) is 47.6 Å². The van der Waals surface area contributed by atoms with Gasteiger partial charge >= 0.3 is 0 Å². The largest absolute Gasteiger partial charge is 0.496 e. The van der Waals surface area contributed by atoms with Gasteiger partial charge in [0.25, 0.3) is 0 Å². The van der Waals surface area contributed by atoms with Crippen molar-refractivity contribution in [2.45, 2.75) is 18.9 Å². The summed E-state index contributed by atoms with van der Waals surface area (Å²) in [6.45, 7) is 1.38. The van der Waals surface area contributed by atoms with E-state index in [0.29, 0.717) is 6.54 Å². The van der Waals surface area contributed by atoms with Gasteiger partial charge in [0.05, 0.1) is 13.2 Å². The van der Waals surface area contributed by atoms with Crippen molar-refractivity contribution in [3.63, 3.8) is 0 Å². The first kappa shape index (κ1) is 13.6. The summed E-state index contributed by atoms with van der Waals surface area (Å²) in [5.74, 6) is 0.645. The van der Waals surface area contributed by atoms with Gasteiger partial charge in [0, 0.05) is 24.8 Å². The molecule has 2 rings (SSSR count). The Morgan fingerprint density at radius 2 is 2.37 bits per heavy atom. The molecule has 1 aromatic carbocycles. The van der Waals surface area contributed by atoms with E-state index < -0.39 is 0 Å². The predicted molar refractivity (Wildman–Crippen MR) is 74.0 cm³/mol. The Labute approximate surface area is 113 Å². The van der Waals surface area contributed by atoms with Crippen LogP contribution in [0.25, 0.3) is 6.08 Å². The third-order valence-corrected chi connectivity index (χ3v) is 3.08. The summed E-state index contributed by atoms with van der Waals surface area (Å²) >= 11 is 0. The highest BCUT2D eigenvalue weighted by molar-refractivity contribution is 5.92. The quantitative estimate of drug-likeness (QED) is 0.825. The Kier molecular flexibility index (Phi) is 4.98. The molecule has 0 aliphatic carbocycles. The first-order chi connectivity index (χ1) is 9.29. The standard InChI is InChI=1S/C15H19NO3/c1-18-14-7-3-2-5-12(14)8-9-15(17)16-11-13-6-4-10-19-13/h2-3,5,7-9,13H,4,6,10-11H2,1H3,(H,16,17)/b9-8+/t13-/m1/s1. The third kappa shape index (κ3) is 4.10. The fourth-order valence-electron chi connectivity index (χ4n) is 2.05. The van der Waals surface area contributed by atoms with Crippen LogP contribution in [-0.4, -0.2) is 32.3 Å². The summed E-state index contributed by atoms with van der Waals surface area (Å²) in [4.78, 5) is 11.7. The van der Waals surface area contributed by atoms with Crippen molar-refractivity contribution in [2.24, 2.45) is 0 Å². The Hall–Kier alpha value is -1.81. The lowest BCUT2D eigenvalue weighted by molar-refractivity contribution is -0.116. The number of ether oxygens (including phenoxy) is 2. The lowest BCUT2D eigenvalue weighted by atomic mass is 10.2. The Balaban J connectivity index is 1.85. The smallest absolute Gasteiger partial charge is 0.244 e. The molecule has 0 bridgehead atoms. The lowest BCUT2D eigenvalue weighted by Crippen LogP contribution is -2.30. The van der Waals surface area contributed by atoms with Crippen molar-refractivity contribution < 1.29 is 14.3 Å². The molecule has 1 aliphatic heterocycles. The molecular formula is C15H19NO3. The van der Waals surface area contributed by atoms with Crippen molar-refractivity contribution in [3.05, 3.63) is 35.9 Å². The number of hydrogen-bond donors (Lipinski definition) is 1. The molecule has 0 aromatic heterocycles. The average Bonchev–Trinajstić information content (AvgIpc) is 2.96. The zero-order chi connectivity index (χ0) is 13.5. The van der Waals surface area contributed by atoms with Crippen LogP contribution >= 0.6 is 0 Å². The van der Waals surface area contributed by atoms with E-state index in [1.54, 1.807) is 13.2 Å². The number of amides is 1. The number of para-hydroxylation sites is 1. The van der Waals surface area contributed by atoms with Crippen LogP contribution in [0, 0.1) is 0 Å². The van der Waals surface area contributed by atoms with Crippen LogP contribution in [0.1, 0.15) is 18.4 Å². The van der Waals surface area contributed by atoms with Crippen LogP contribution in [0.4, 0.5) is 0 Å². The van der Waals surface area contributed by atoms with E-state index in [-0.39, 0.29) is 12.0 Å². The molecule has 4 heteroatoms. The van der Waals surface area contributed by atoms with E-state index in [1.807, 2.05) is 24.3 Å². The van der Waals surface area contributed by atoms with Gasteiger partial charge < -0.3 is 14.8 Å². The second kappa shape index (κ2) is 6.95. The molecule has 0 saturated carbocycles. The van der Waals surface area contributed by atoms with Crippen molar-refractivity contribution in [1.82, 2.24) is 5.32 Å². The van der Waals surface area contributed by atoms with Crippen molar-refractivity contribution in [3.8, 4) is 5.75 Å². The summed E-state index contributed by atoms with van der Waals surface area (Å²) in [7, 11) is 1.62. The minimum absolute atomic E-state index is 0.110. The lowest BCUT2D eigenvalue weighted by Gasteiger charge is -2.09. The fraction of sp³-hybridized carbons (Fsp3) is 0.400. The van der Waals surface area contributed by atoms with Gasteiger partial charge in [-0.05, 0) is 25.0 Å². The Morgan fingerprint density at radius 3 is 3.11 bits per heavy atom. The highest BCUT2D eigenvalue weighted by Crippen LogP contribution is 2.18. The van der Waals surface area contributed by atoms with Crippen molar-refractivity contribution >= 4 is 12.0 Å². The minimum atomic E-state index is -0.110. The number of rotatable bonds is 5. The fourth-order valence-corrected chi connectivity index (χ4v) is 2.05. The molecule has 1 amide bonds. The molecule has 0 unspecified atom stereocenters. The highest BCUT2D eigenvalue weighted by atomic mass is 16.5. The highest BCUT2D eigenvalue weighted by Gasteiger charge is 2.15. The van der Waals surface area contributed by atoms with Gasteiger partial charge in [-0.15, -0.1) is 0 Å². The van der Waals surface area contributed by atoms with Gasteiger partial charge in [-0.1, -0.05) is 18.2 Å². The van der Waals surface area contributed by atoms with Gasteiger partial charge in [0.1, 0.15) is 5.75 Å². The number of nitrogens with one attached hydrogen (secondary N) is 1. The molecule has 1 saturated heterocycles. The molecule has 0 radical (unpaired) electrons. The van der Waals surface area contributed by atoms with Crippen LogP contribution in [0.2, 0.25) is 0 Å². The molecule has 4 nitrogen and oxygen atoms in total. The summed E-state index contributed by atoms with van der Waals surface area (Å²) in [6, 6.07) is 7.58. The van der Waals surface area contributed by atoms with Crippen LogP contribution in [0.5, 0.6) is 5.75 Å². The summed E-state index contributed by atoms with van der Waals surface area (Å²) in [6.07, 6.45) is 5.55. The third-order valence-electron chi connectivity index (χ3n) is 3.08. The molecule has 102 valence electrons. The second-order valence-electron chi connectivity index (χ2n) is 4.46. The summed E-state index contributed by atoms with van der Waals surface area (Å²) in [5, 5.41) is 2.84. The zero-order valence-corrected chi connectivity index (χ0v) is 11.1. The van der Waals surface area contributed by atoms with Gasteiger partial charge in [-0.2, -0.15) is 0 Å². The Morgan fingerprint density at radius 1 is 1.53 bits per heavy atom. The number of benzene rings is 1. The Bertz CT molecular complexity index is 450. The summed E-state index contributed by atoms with van der Waals surface area (Å²) in [5.41, 5.74) is 0.886. The van der Waals surface area contributed by atoms with E-state index in [4.69, 9.17) is 9.47 Å². The molecule has 19 heavy (non-hydrogen) atoms. The first-order valence-corrected chi connectivity index (χ1v) is 6.50. The molecule has 1 fully saturated rings. The molecule has 0 spiro atoms. The SMILES string of the molecule is COc1ccccc1/C=C/C(=O)NC[C@H]1CCCO1. The minimum Gasteiger partial charge on any atom is -0.496 e. The zero-order valence-electron chi connectivity index (χ0n) is 11.1. The van der Waals surface area contributed by atoms with Gasteiger partial charge in [0.2, 0.25) is 5.91 Å². The number of methoxy groups -OCH3 is 1. The van der Waals surface area contributed by atoms with Gasteiger partial charge in [-0.3, -0.25) is 4.79 Å². The van der Waals surface area contributed by atoms with E-state index in [1.165, 1.54) is 6.08 Å². The molecule has 1 heterocycles. The number of carbonyl (C=O) groups excluding carboxylic acids is 1. The van der Waals surface area contributed by atoms with E-state index in [9.17, 15) is 4.79 Å². The maximum Gasteiger partial charge on any atom is 0.244 e. The molecule has 1 aliphatic rings. The molecule has 1 atom stereocenters. The monoisotopic (exact) mass is 261 g/mol. The predicted octanol–water partition coefficient (Wildman–Crippen LogP) is 2.00. The summed E-state index contributed by atoms with van der Waals surface area (Å²) < 4.78 is 10.7. The molecule has 1 aromatic rings. The van der Waals surface area contributed by atoms with Crippen LogP contribution in [-0.2, 0) is 9.53 Å². The first-order valence-electron chi connectivity index (χ1n) is 6.50. The number of carbonyl (C=O) groups is 1. The normalized spacial score (nSPS) is 18.7. The second-order valence-corrected chi connectivity index (χ2v) is 4.46. The van der Waals surface area contributed by atoms with E-state index in [2.05, 4.69) is 5.32 Å². The van der Waals surface area contributed by atoms with Crippen LogP contribution in [0.3, 0.4) is 0 Å². The molecular weight excluding hydrogens is 242 g/mol. The van der Waals surface area contributed by atoms with Gasteiger partial charge in [0.15, 0.2) is 0 Å². The van der Waals surface area contributed by atoms with Crippen molar-refractivity contribution in [2.75, 3.05) is 20.3 Å². The van der Waals surface area contributed by atoms with E-state index >= 15 is 0 Å². The average molecular weight is 261 g/mol. The van der Waals surface area contributed by atoms with E-state index in [0.717, 1.165) is 30.8 Å². The maximum absolute atomic E-state index is 11.7. The van der Waals surface area contributed by atoms with Crippen LogP contribution < -0.4 is 10.1 Å². The maximum atomic E-state index is 11.7. The van der Waals surface area contributed by atoms with Crippen molar-refractivity contribution in [1.29, 1.82) is 0 Å².